The second-order valence-electron chi connectivity index (χ2n) is 4.54. The Balaban J connectivity index is 2.43. The second kappa shape index (κ2) is 4.11. The molecule has 0 spiro atoms. The molecule has 0 aliphatic carbocycles. The molecule has 0 fully saturated rings. The van der Waals surface area contributed by atoms with Crippen molar-refractivity contribution in [1.29, 1.82) is 0 Å². The maximum Gasteiger partial charge on any atom is 0.127 e. The molecule has 1 aromatic carbocycles. The van der Waals surface area contributed by atoms with Crippen LogP contribution in [-0.2, 0) is 0 Å². The van der Waals surface area contributed by atoms with Crippen molar-refractivity contribution >= 4 is 40.2 Å². The number of rotatable bonds is 0. The monoisotopic (exact) mass is 282 g/mol. The molecule has 94 valence electrons. The average Bonchev–Trinajstić information content (AvgIpc) is 2.63. The molecule has 0 amide bonds. The van der Waals surface area contributed by atoms with Gasteiger partial charge in [0.1, 0.15) is 5.75 Å². The summed E-state index contributed by atoms with van der Waals surface area (Å²) >= 11 is 12.2. The van der Waals surface area contributed by atoms with Crippen LogP contribution in [0.4, 0.5) is 0 Å². The molecule has 1 unspecified atom stereocenters. The summed E-state index contributed by atoms with van der Waals surface area (Å²) in [5.41, 5.74) is 2.73. The van der Waals surface area contributed by atoms with E-state index >= 15 is 0 Å². The minimum Gasteiger partial charge on any atom is -0.507 e. The van der Waals surface area contributed by atoms with Gasteiger partial charge in [-0.05, 0) is 12.3 Å². The molecule has 1 aromatic heterocycles. The third-order valence-corrected chi connectivity index (χ3v) is 4.09. The van der Waals surface area contributed by atoms with Crippen molar-refractivity contribution in [3.05, 3.63) is 33.6 Å². The molecule has 2 heterocycles. The van der Waals surface area contributed by atoms with Crippen molar-refractivity contribution < 1.29 is 5.11 Å². The number of fused-ring (bicyclic) bond motifs is 3. The molecule has 5 heteroatoms. The first-order chi connectivity index (χ1) is 8.59. The fourth-order valence-corrected chi connectivity index (χ4v) is 2.78. The molecule has 1 aliphatic rings. The van der Waals surface area contributed by atoms with Crippen LogP contribution in [0.25, 0.3) is 17.0 Å². The van der Waals surface area contributed by atoms with Gasteiger partial charge < -0.3 is 15.4 Å². The van der Waals surface area contributed by atoms with Crippen LogP contribution in [0, 0.1) is 0 Å². The zero-order valence-corrected chi connectivity index (χ0v) is 11.2. The lowest BCUT2D eigenvalue weighted by Gasteiger charge is -2.07. The fraction of sp³-hybridized carbons (Fsp3) is 0.231. The Bertz CT molecular complexity index is 661. The van der Waals surface area contributed by atoms with Crippen molar-refractivity contribution in [1.82, 2.24) is 10.3 Å². The van der Waals surface area contributed by atoms with Gasteiger partial charge in [0.2, 0.25) is 0 Å². The SMILES string of the molecule is CC1CNC=Cc2c1[nH]c1c(Cl)c(Cl)cc(O)c21. The number of aromatic amines is 1. The molecule has 0 radical (unpaired) electrons. The molecule has 3 N–H and O–H groups in total. The van der Waals surface area contributed by atoms with E-state index in [4.69, 9.17) is 23.2 Å². The van der Waals surface area contributed by atoms with E-state index in [0.29, 0.717) is 21.5 Å². The van der Waals surface area contributed by atoms with E-state index < -0.39 is 0 Å². The number of aromatic nitrogens is 1. The summed E-state index contributed by atoms with van der Waals surface area (Å²) in [6, 6.07) is 1.48. The van der Waals surface area contributed by atoms with E-state index in [1.165, 1.54) is 6.07 Å². The lowest BCUT2D eigenvalue weighted by molar-refractivity contribution is 0.481. The van der Waals surface area contributed by atoms with Crippen LogP contribution in [-0.4, -0.2) is 16.6 Å². The van der Waals surface area contributed by atoms with Crippen molar-refractivity contribution in [2.24, 2.45) is 0 Å². The number of phenolic OH excluding ortho intramolecular Hbond substituents is 1. The van der Waals surface area contributed by atoms with Crippen LogP contribution in [0.5, 0.6) is 5.75 Å². The maximum atomic E-state index is 10.1. The van der Waals surface area contributed by atoms with Crippen molar-refractivity contribution in [2.45, 2.75) is 12.8 Å². The summed E-state index contributed by atoms with van der Waals surface area (Å²) < 4.78 is 0. The molecule has 1 aliphatic heterocycles. The van der Waals surface area contributed by atoms with Crippen molar-refractivity contribution in [3.63, 3.8) is 0 Å². The molecule has 2 aromatic rings. The predicted molar refractivity (Wildman–Crippen MR) is 75.4 cm³/mol. The summed E-state index contributed by atoms with van der Waals surface area (Å²) in [6.45, 7) is 2.95. The molecule has 18 heavy (non-hydrogen) atoms. The first-order valence-electron chi connectivity index (χ1n) is 5.72. The van der Waals surface area contributed by atoms with Crippen LogP contribution in [0.2, 0.25) is 10.0 Å². The topological polar surface area (TPSA) is 48.0 Å². The van der Waals surface area contributed by atoms with Crippen molar-refractivity contribution in [3.8, 4) is 5.75 Å². The van der Waals surface area contributed by atoms with Gasteiger partial charge in [-0.1, -0.05) is 30.1 Å². The van der Waals surface area contributed by atoms with Gasteiger partial charge in [0.15, 0.2) is 0 Å². The summed E-state index contributed by atoms with van der Waals surface area (Å²) in [6.07, 6.45) is 3.83. The zero-order chi connectivity index (χ0) is 12.9. The number of H-pyrrole nitrogens is 1. The Labute approximate surface area is 114 Å². The Hall–Kier alpha value is -1.32. The lowest BCUT2D eigenvalue weighted by atomic mass is 10.0. The summed E-state index contributed by atoms with van der Waals surface area (Å²) in [7, 11) is 0. The average molecular weight is 283 g/mol. The third kappa shape index (κ3) is 1.58. The molecular weight excluding hydrogens is 271 g/mol. The molecule has 0 bridgehead atoms. The summed E-state index contributed by atoms with van der Waals surface area (Å²) in [4.78, 5) is 3.29. The number of nitrogens with one attached hydrogen (secondary N) is 2. The fourth-order valence-electron chi connectivity index (χ4n) is 2.39. The van der Waals surface area contributed by atoms with Crippen molar-refractivity contribution in [2.75, 3.05) is 6.54 Å². The Morgan fingerprint density at radius 1 is 1.39 bits per heavy atom. The maximum absolute atomic E-state index is 10.1. The van der Waals surface area contributed by atoms with E-state index in [0.717, 1.165) is 23.2 Å². The minimum atomic E-state index is 0.149. The van der Waals surface area contributed by atoms with Gasteiger partial charge in [-0.2, -0.15) is 0 Å². The van der Waals surface area contributed by atoms with Gasteiger partial charge in [-0.3, -0.25) is 0 Å². The highest BCUT2D eigenvalue weighted by Gasteiger charge is 2.21. The second-order valence-corrected chi connectivity index (χ2v) is 5.32. The van der Waals surface area contributed by atoms with Crippen LogP contribution in [0.1, 0.15) is 24.1 Å². The van der Waals surface area contributed by atoms with Crippen LogP contribution >= 0.6 is 23.2 Å². The number of halogens is 2. The number of benzene rings is 1. The highest BCUT2D eigenvalue weighted by Crippen LogP contribution is 2.41. The standard InChI is InChI=1S/C13H12Cl2N2O/c1-6-5-16-3-2-7-10-9(18)4-8(14)11(15)13(10)17-12(6)7/h2-4,6,16-18H,5H2,1H3. The van der Waals surface area contributed by atoms with E-state index in [2.05, 4.69) is 17.2 Å². The number of hydrogen-bond acceptors (Lipinski definition) is 2. The first kappa shape index (κ1) is 11.8. The highest BCUT2D eigenvalue weighted by atomic mass is 35.5. The zero-order valence-electron chi connectivity index (χ0n) is 9.72. The number of phenols is 1. The molecular formula is C13H12Cl2N2O. The Morgan fingerprint density at radius 3 is 2.94 bits per heavy atom. The molecule has 0 saturated carbocycles. The minimum absolute atomic E-state index is 0.149. The van der Waals surface area contributed by atoms with E-state index in [1.54, 1.807) is 0 Å². The first-order valence-corrected chi connectivity index (χ1v) is 6.47. The van der Waals surface area contributed by atoms with Gasteiger partial charge in [0, 0.05) is 29.8 Å². The molecule has 0 saturated heterocycles. The van der Waals surface area contributed by atoms with Crippen LogP contribution in [0.15, 0.2) is 12.3 Å². The molecule has 3 nitrogen and oxygen atoms in total. The van der Waals surface area contributed by atoms with Gasteiger partial charge in [0.25, 0.3) is 0 Å². The number of aromatic hydroxyl groups is 1. The highest BCUT2D eigenvalue weighted by molar-refractivity contribution is 6.45. The van der Waals surface area contributed by atoms with Gasteiger partial charge in [-0.15, -0.1) is 0 Å². The normalized spacial score (nSPS) is 18.5. The summed E-state index contributed by atoms with van der Waals surface area (Å²) in [5, 5.41) is 14.8. The molecule has 1 atom stereocenters. The van der Waals surface area contributed by atoms with E-state index in [9.17, 15) is 5.11 Å². The third-order valence-electron chi connectivity index (χ3n) is 3.30. The van der Waals surface area contributed by atoms with Crippen LogP contribution in [0.3, 0.4) is 0 Å². The molecule has 3 rings (SSSR count). The van der Waals surface area contributed by atoms with Gasteiger partial charge in [0.05, 0.1) is 20.9 Å². The smallest absolute Gasteiger partial charge is 0.127 e. The summed E-state index contributed by atoms with van der Waals surface area (Å²) in [5.74, 6) is 0.451. The Kier molecular flexibility index (Phi) is 2.68. The van der Waals surface area contributed by atoms with Gasteiger partial charge >= 0.3 is 0 Å². The predicted octanol–water partition coefficient (Wildman–Crippen LogP) is 3.86. The van der Waals surface area contributed by atoms with E-state index in [-0.39, 0.29) is 5.75 Å². The Morgan fingerprint density at radius 2 is 2.17 bits per heavy atom. The lowest BCUT2D eigenvalue weighted by Crippen LogP contribution is -2.12. The van der Waals surface area contributed by atoms with Gasteiger partial charge in [-0.25, -0.2) is 0 Å². The largest absolute Gasteiger partial charge is 0.507 e. The quantitative estimate of drug-likeness (QED) is 0.687. The van der Waals surface area contributed by atoms with Crippen LogP contribution < -0.4 is 5.32 Å². The number of hydrogen-bond donors (Lipinski definition) is 3. The van der Waals surface area contributed by atoms with E-state index in [1.807, 2.05) is 12.3 Å².